The zero-order chi connectivity index (χ0) is 13.0. The van der Waals surface area contributed by atoms with Gasteiger partial charge in [-0.05, 0) is 54.4 Å². The van der Waals surface area contributed by atoms with Crippen molar-refractivity contribution in [1.82, 2.24) is 0 Å². The van der Waals surface area contributed by atoms with E-state index in [1.165, 1.54) is 36.8 Å². The monoisotopic (exact) mass is 248 g/mol. The molecule has 0 heterocycles. The van der Waals surface area contributed by atoms with Crippen molar-refractivity contribution in [1.29, 1.82) is 0 Å². The maximum atomic E-state index is 14.0. The minimum absolute atomic E-state index is 0.0499. The molecule has 0 N–H and O–H groups in total. The second-order valence-electron chi connectivity index (χ2n) is 5.74. The average Bonchev–Trinajstić information content (AvgIpc) is 2.73. The fourth-order valence-electron chi connectivity index (χ4n) is 3.16. The number of hydrogen-bond acceptors (Lipinski definition) is 0. The summed E-state index contributed by atoms with van der Waals surface area (Å²) in [5.74, 6) is 0.742. The summed E-state index contributed by atoms with van der Waals surface area (Å²) in [4.78, 5) is 0. The Balaban J connectivity index is 2.02. The molecule has 0 bridgehead atoms. The Kier molecular flexibility index (Phi) is 4.79. The lowest BCUT2D eigenvalue weighted by molar-refractivity contribution is 0.475. The van der Waals surface area contributed by atoms with Gasteiger partial charge >= 0.3 is 0 Å². The molecule has 1 heteroatoms. The second kappa shape index (κ2) is 6.36. The number of fused-ring (bicyclic) bond motifs is 1. The van der Waals surface area contributed by atoms with Crippen molar-refractivity contribution in [2.45, 2.75) is 65.2 Å². The predicted octanol–water partition coefficient (Wildman–Crippen LogP) is 5.07. The third-order valence-corrected chi connectivity index (χ3v) is 4.10. The standard InChI is InChI=1S/C17H25F/c1-3-5-6-8-14-10-15-9-13(7-4-2)12-17(18)16(15)11-14/h9,12,14H,3-8,10-11H2,1-2H3. The highest BCUT2D eigenvalue weighted by Gasteiger charge is 2.24. The molecular formula is C17H25F. The summed E-state index contributed by atoms with van der Waals surface area (Å²) in [6.45, 7) is 4.39. The molecule has 0 fully saturated rings. The van der Waals surface area contributed by atoms with Crippen LogP contribution >= 0.6 is 0 Å². The third-order valence-electron chi connectivity index (χ3n) is 4.10. The zero-order valence-corrected chi connectivity index (χ0v) is 11.8. The van der Waals surface area contributed by atoms with Gasteiger partial charge in [-0.15, -0.1) is 0 Å². The second-order valence-corrected chi connectivity index (χ2v) is 5.74. The molecule has 0 saturated carbocycles. The number of benzene rings is 1. The average molecular weight is 248 g/mol. The van der Waals surface area contributed by atoms with Crippen LogP contribution in [-0.4, -0.2) is 0 Å². The van der Waals surface area contributed by atoms with Crippen LogP contribution < -0.4 is 0 Å². The van der Waals surface area contributed by atoms with Crippen LogP contribution in [0.2, 0.25) is 0 Å². The van der Waals surface area contributed by atoms with Crippen LogP contribution in [0.25, 0.3) is 0 Å². The number of aryl methyl sites for hydroxylation is 1. The van der Waals surface area contributed by atoms with Crippen molar-refractivity contribution in [3.63, 3.8) is 0 Å². The van der Waals surface area contributed by atoms with E-state index in [0.29, 0.717) is 5.92 Å². The Hall–Kier alpha value is -0.850. The maximum absolute atomic E-state index is 14.0. The van der Waals surface area contributed by atoms with Crippen molar-refractivity contribution in [3.8, 4) is 0 Å². The molecular weight excluding hydrogens is 223 g/mol. The van der Waals surface area contributed by atoms with Gasteiger partial charge < -0.3 is 0 Å². The summed E-state index contributed by atoms with van der Waals surface area (Å²) in [7, 11) is 0. The number of rotatable bonds is 6. The lowest BCUT2D eigenvalue weighted by Gasteiger charge is -2.07. The van der Waals surface area contributed by atoms with E-state index in [2.05, 4.69) is 19.9 Å². The van der Waals surface area contributed by atoms with E-state index in [9.17, 15) is 4.39 Å². The Morgan fingerprint density at radius 1 is 1.11 bits per heavy atom. The fraction of sp³-hybridized carbons (Fsp3) is 0.647. The molecule has 0 saturated heterocycles. The van der Waals surface area contributed by atoms with Gasteiger partial charge in [0, 0.05) is 0 Å². The lowest BCUT2D eigenvalue weighted by atomic mass is 9.98. The van der Waals surface area contributed by atoms with Crippen LogP contribution in [0.15, 0.2) is 12.1 Å². The van der Waals surface area contributed by atoms with Crippen molar-refractivity contribution in [2.75, 3.05) is 0 Å². The van der Waals surface area contributed by atoms with E-state index in [1.54, 1.807) is 6.07 Å². The summed E-state index contributed by atoms with van der Waals surface area (Å²) in [5.41, 5.74) is 3.49. The molecule has 1 unspecified atom stereocenters. The molecule has 0 spiro atoms. The Labute approximate surface area is 111 Å². The van der Waals surface area contributed by atoms with Crippen molar-refractivity contribution in [2.24, 2.45) is 5.92 Å². The van der Waals surface area contributed by atoms with Crippen LogP contribution in [-0.2, 0) is 19.3 Å². The first-order valence-corrected chi connectivity index (χ1v) is 7.54. The highest BCUT2D eigenvalue weighted by atomic mass is 19.1. The summed E-state index contributed by atoms with van der Waals surface area (Å²) in [6.07, 6.45) is 9.34. The molecule has 1 aliphatic carbocycles. The molecule has 1 atom stereocenters. The highest BCUT2D eigenvalue weighted by Crippen LogP contribution is 2.33. The molecule has 1 aliphatic rings. The smallest absolute Gasteiger partial charge is 0.126 e. The summed E-state index contributed by atoms with van der Waals surface area (Å²) in [5, 5.41) is 0. The molecule has 1 aromatic carbocycles. The normalized spacial score (nSPS) is 18.1. The van der Waals surface area contributed by atoms with Crippen molar-refractivity contribution >= 4 is 0 Å². The number of halogens is 1. The van der Waals surface area contributed by atoms with Gasteiger partial charge in [0.15, 0.2) is 0 Å². The molecule has 0 radical (unpaired) electrons. The molecule has 2 rings (SSSR count). The molecule has 0 aliphatic heterocycles. The highest BCUT2D eigenvalue weighted by molar-refractivity contribution is 5.37. The van der Waals surface area contributed by atoms with Gasteiger partial charge in [-0.3, -0.25) is 0 Å². The summed E-state index contributed by atoms with van der Waals surface area (Å²) < 4.78 is 14.0. The van der Waals surface area contributed by atoms with Crippen LogP contribution in [0.5, 0.6) is 0 Å². The zero-order valence-electron chi connectivity index (χ0n) is 11.8. The minimum Gasteiger partial charge on any atom is -0.207 e. The topological polar surface area (TPSA) is 0 Å². The van der Waals surface area contributed by atoms with E-state index in [4.69, 9.17) is 0 Å². The van der Waals surface area contributed by atoms with Gasteiger partial charge in [0.05, 0.1) is 0 Å². The van der Waals surface area contributed by atoms with Crippen molar-refractivity contribution < 1.29 is 4.39 Å². The van der Waals surface area contributed by atoms with Gasteiger partial charge in [0.1, 0.15) is 5.82 Å². The van der Waals surface area contributed by atoms with Crippen LogP contribution in [0, 0.1) is 11.7 Å². The van der Waals surface area contributed by atoms with Crippen LogP contribution in [0.4, 0.5) is 4.39 Å². The van der Waals surface area contributed by atoms with Crippen LogP contribution in [0.3, 0.4) is 0 Å². The van der Waals surface area contributed by atoms with Gasteiger partial charge in [-0.25, -0.2) is 4.39 Å². The molecule has 18 heavy (non-hydrogen) atoms. The quantitative estimate of drug-likeness (QED) is 0.616. The molecule has 1 aromatic rings. The maximum Gasteiger partial charge on any atom is 0.126 e. The third kappa shape index (κ3) is 3.13. The van der Waals surface area contributed by atoms with Crippen molar-refractivity contribution in [3.05, 3.63) is 34.6 Å². The van der Waals surface area contributed by atoms with E-state index in [0.717, 1.165) is 31.2 Å². The summed E-state index contributed by atoms with van der Waals surface area (Å²) in [6, 6.07) is 4.01. The first kappa shape index (κ1) is 13.6. The van der Waals surface area contributed by atoms with E-state index >= 15 is 0 Å². The Morgan fingerprint density at radius 2 is 1.94 bits per heavy atom. The van der Waals surface area contributed by atoms with Crippen LogP contribution in [0.1, 0.15) is 62.6 Å². The lowest BCUT2D eigenvalue weighted by Crippen LogP contribution is -1.99. The fourth-order valence-corrected chi connectivity index (χ4v) is 3.16. The first-order chi connectivity index (χ1) is 8.74. The largest absolute Gasteiger partial charge is 0.207 e. The molecule has 100 valence electrons. The van der Waals surface area contributed by atoms with Gasteiger partial charge in [-0.2, -0.15) is 0 Å². The summed E-state index contributed by atoms with van der Waals surface area (Å²) >= 11 is 0. The molecule has 0 nitrogen and oxygen atoms in total. The van der Waals surface area contributed by atoms with E-state index in [1.807, 2.05) is 0 Å². The Bertz CT molecular complexity index is 395. The minimum atomic E-state index is 0.0499. The molecule has 0 aromatic heterocycles. The SMILES string of the molecule is CCCCCC1Cc2cc(CCC)cc(F)c2C1. The van der Waals surface area contributed by atoms with E-state index in [-0.39, 0.29) is 5.82 Å². The van der Waals surface area contributed by atoms with Gasteiger partial charge in [0.2, 0.25) is 0 Å². The van der Waals surface area contributed by atoms with E-state index < -0.39 is 0 Å². The first-order valence-electron chi connectivity index (χ1n) is 7.54. The van der Waals surface area contributed by atoms with Gasteiger partial charge in [0.25, 0.3) is 0 Å². The predicted molar refractivity (Wildman–Crippen MR) is 75.4 cm³/mol. The van der Waals surface area contributed by atoms with Gasteiger partial charge in [-0.1, -0.05) is 45.6 Å². The number of unbranched alkanes of at least 4 members (excludes halogenated alkanes) is 2. The number of hydrogen-bond donors (Lipinski definition) is 0. The Morgan fingerprint density at radius 3 is 2.67 bits per heavy atom. The molecule has 0 amide bonds.